The molecule has 0 fully saturated rings. The second-order valence-corrected chi connectivity index (χ2v) is 7.38. The molecular weight excluding hydrogens is 304 g/mol. The molecule has 1 rings (SSSR count). The van der Waals surface area contributed by atoms with E-state index in [1.807, 2.05) is 6.26 Å². The minimum Gasteiger partial charge on any atom is -0.398 e. The molecule has 0 amide bonds. The van der Waals surface area contributed by atoms with Crippen molar-refractivity contribution in [1.29, 1.82) is 0 Å². The van der Waals surface area contributed by atoms with E-state index in [1.165, 1.54) is 12.1 Å². The maximum atomic E-state index is 12.1. The van der Waals surface area contributed by atoms with E-state index in [9.17, 15) is 8.42 Å². The molecule has 0 saturated heterocycles. The third-order valence-corrected chi connectivity index (χ3v) is 5.27. The van der Waals surface area contributed by atoms with Crippen LogP contribution in [-0.2, 0) is 10.0 Å². The smallest absolute Gasteiger partial charge is 0.240 e. The van der Waals surface area contributed by atoms with Crippen LogP contribution in [0, 0.1) is 6.92 Å². The number of hydrogen-bond donors (Lipinski definition) is 2. The molecule has 0 aliphatic carbocycles. The molecule has 7 heteroatoms. The predicted molar refractivity (Wildman–Crippen MR) is 83.4 cm³/mol. The van der Waals surface area contributed by atoms with Gasteiger partial charge in [-0.05, 0) is 49.5 Å². The Morgan fingerprint density at radius 2 is 2.05 bits per heavy atom. The highest BCUT2D eigenvalue weighted by Crippen LogP contribution is 2.25. The molecule has 0 aliphatic heterocycles. The Bertz CT molecular complexity index is 510. The van der Waals surface area contributed by atoms with E-state index in [-0.39, 0.29) is 4.90 Å². The Hall–Kier alpha value is -0.430. The van der Waals surface area contributed by atoms with E-state index in [1.54, 1.807) is 18.7 Å². The molecule has 1 aromatic carbocycles. The average molecular weight is 323 g/mol. The van der Waals surface area contributed by atoms with Gasteiger partial charge in [0.15, 0.2) is 0 Å². The van der Waals surface area contributed by atoms with Gasteiger partial charge in [-0.3, -0.25) is 0 Å². The van der Waals surface area contributed by atoms with Gasteiger partial charge in [-0.15, -0.1) is 0 Å². The molecule has 4 nitrogen and oxygen atoms in total. The monoisotopic (exact) mass is 322 g/mol. The van der Waals surface area contributed by atoms with Gasteiger partial charge in [0.1, 0.15) is 0 Å². The lowest BCUT2D eigenvalue weighted by atomic mass is 10.2. The number of anilines is 1. The van der Waals surface area contributed by atoms with E-state index < -0.39 is 10.0 Å². The average Bonchev–Trinajstić information content (AvgIpc) is 2.35. The number of rotatable bonds is 7. The Morgan fingerprint density at radius 3 is 2.63 bits per heavy atom. The van der Waals surface area contributed by atoms with Crippen LogP contribution >= 0.6 is 23.4 Å². The summed E-state index contributed by atoms with van der Waals surface area (Å²) in [5, 5.41) is 0.364. The molecule has 0 atom stereocenters. The molecule has 0 saturated carbocycles. The zero-order chi connectivity index (χ0) is 14.5. The Kier molecular flexibility index (Phi) is 6.46. The van der Waals surface area contributed by atoms with Crippen molar-refractivity contribution in [2.45, 2.75) is 24.7 Å². The number of hydrogen-bond acceptors (Lipinski definition) is 4. The number of nitrogen functional groups attached to an aromatic ring is 1. The number of benzene rings is 1. The fourth-order valence-corrected chi connectivity index (χ4v) is 3.41. The molecule has 0 unspecified atom stereocenters. The third kappa shape index (κ3) is 4.87. The normalized spacial score (nSPS) is 11.7. The largest absolute Gasteiger partial charge is 0.398 e. The van der Waals surface area contributed by atoms with Crippen molar-refractivity contribution >= 4 is 39.1 Å². The predicted octanol–water partition coefficient (Wildman–Crippen LogP) is 2.65. The van der Waals surface area contributed by atoms with Gasteiger partial charge in [-0.1, -0.05) is 11.6 Å². The molecular formula is C12H19ClN2O2S2. The lowest BCUT2D eigenvalue weighted by Gasteiger charge is -2.10. The van der Waals surface area contributed by atoms with Gasteiger partial charge in [0.2, 0.25) is 10.0 Å². The highest BCUT2D eigenvalue weighted by molar-refractivity contribution is 7.98. The summed E-state index contributed by atoms with van der Waals surface area (Å²) in [6.45, 7) is 2.18. The first-order valence-electron chi connectivity index (χ1n) is 5.92. The summed E-state index contributed by atoms with van der Waals surface area (Å²) in [7, 11) is -3.53. The number of nitrogens with two attached hydrogens (primary N) is 1. The molecule has 1 aromatic rings. The van der Waals surface area contributed by atoms with Gasteiger partial charge in [0.05, 0.1) is 4.90 Å². The van der Waals surface area contributed by atoms with E-state index >= 15 is 0 Å². The van der Waals surface area contributed by atoms with Gasteiger partial charge < -0.3 is 5.73 Å². The van der Waals surface area contributed by atoms with Crippen molar-refractivity contribution in [3.8, 4) is 0 Å². The first-order valence-corrected chi connectivity index (χ1v) is 9.18. The minimum atomic E-state index is -3.53. The van der Waals surface area contributed by atoms with Crippen LogP contribution < -0.4 is 10.5 Å². The number of nitrogens with one attached hydrogen (secondary N) is 1. The van der Waals surface area contributed by atoms with Crippen LogP contribution in [0.5, 0.6) is 0 Å². The van der Waals surface area contributed by atoms with Crippen molar-refractivity contribution in [1.82, 2.24) is 4.72 Å². The van der Waals surface area contributed by atoms with Gasteiger partial charge in [0, 0.05) is 17.3 Å². The summed E-state index contributed by atoms with van der Waals surface area (Å²) in [6.07, 6.45) is 3.83. The van der Waals surface area contributed by atoms with E-state index in [0.717, 1.165) is 18.6 Å². The molecule has 19 heavy (non-hydrogen) atoms. The summed E-state index contributed by atoms with van der Waals surface area (Å²) in [5.74, 6) is 1.03. The number of sulfonamides is 1. The lowest BCUT2D eigenvalue weighted by Crippen LogP contribution is -2.25. The van der Waals surface area contributed by atoms with E-state index in [4.69, 9.17) is 17.3 Å². The second-order valence-electron chi connectivity index (χ2n) is 4.22. The highest BCUT2D eigenvalue weighted by atomic mass is 35.5. The molecule has 0 spiro atoms. The van der Waals surface area contributed by atoms with Crippen molar-refractivity contribution in [3.05, 3.63) is 22.7 Å². The number of halogens is 1. The van der Waals surface area contributed by atoms with Crippen LogP contribution in [0.25, 0.3) is 0 Å². The Morgan fingerprint density at radius 1 is 1.37 bits per heavy atom. The van der Waals surface area contributed by atoms with Crippen LogP contribution in [0.3, 0.4) is 0 Å². The Labute approximate surface area is 124 Å². The highest BCUT2D eigenvalue weighted by Gasteiger charge is 2.16. The summed E-state index contributed by atoms with van der Waals surface area (Å²) in [5.41, 5.74) is 6.81. The second kappa shape index (κ2) is 7.38. The van der Waals surface area contributed by atoms with Crippen molar-refractivity contribution in [3.63, 3.8) is 0 Å². The maximum Gasteiger partial charge on any atom is 0.240 e. The first-order chi connectivity index (χ1) is 8.88. The summed E-state index contributed by atoms with van der Waals surface area (Å²) < 4.78 is 26.7. The quantitative estimate of drug-likeness (QED) is 0.598. The fourth-order valence-electron chi connectivity index (χ4n) is 1.49. The zero-order valence-electron chi connectivity index (χ0n) is 11.1. The van der Waals surface area contributed by atoms with Gasteiger partial charge in [-0.25, -0.2) is 13.1 Å². The minimum absolute atomic E-state index is 0.116. The van der Waals surface area contributed by atoms with Crippen molar-refractivity contribution < 1.29 is 8.42 Å². The summed E-state index contributed by atoms with van der Waals surface area (Å²) in [6, 6.07) is 2.86. The van der Waals surface area contributed by atoms with E-state index in [2.05, 4.69) is 4.72 Å². The lowest BCUT2D eigenvalue weighted by molar-refractivity contribution is 0.578. The standard InChI is InChI=1S/C12H19ClN2O2S2/c1-9-11(13)7-10(8-12(9)14)19(16,17)15-5-3-4-6-18-2/h7-8,15H,3-6,14H2,1-2H3. The Balaban J connectivity index is 2.72. The molecule has 108 valence electrons. The molecule has 3 N–H and O–H groups in total. The molecule has 0 radical (unpaired) electrons. The zero-order valence-corrected chi connectivity index (χ0v) is 13.5. The van der Waals surface area contributed by atoms with Gasteiger partial charge in [0.25, 0.3) is 0 Å². The van der Waals surface area contributed by atoms with Gasteiger partial charge >= 0.3 is 0 Å². The molecule has 0 aromatic heterocycles. The first kappa shape index (κ1) is 16.6. The maximum absolute atomic E-state index is 12.1. The van der Waals surface area contributed by atoms with Crippen molar-refractivity contribution in [2.24, 2.45) is 0 Å². The summed E-state index contributed by atoms with van der Waals surface area (Å²) in [4.78, 5) is 0.116. The van der Waals surface area contributed by atoms with Crippen LogP contribution in [0.15, 0.2) is 17.0 Å². The number of thioether (sulfide) groups is 1. The molecule has 0 heterocycles. The number of unbranched alkanes of at least 4 members (excludes halogenated alkanes) is 1. The van der Waals surface area contributed by atoms with Crippen LogP contribution in [0.1, 0.15) is 18.4 Å². The van der Waals surface area contributed by atoms with Gasteiger partial charge in [-0.2, -0.15) is 11.8 Å². The van der Waals surface area contributed by atoms with Crippen molar-refractivity contribution in [2.75, 3.05) is 24.3 Å². The molecule has 0 aliphatic rings. The topological polar surface area (TPSA) is 72.2 Å². The SMILES string of the molecule is CSCCCCNS(=O)(=O)c1cc(N)c(C)c(Cl)c1. The third-order valence-electron chi connectivity index (χ3n) is 2.74. The van der Waals surface area contributed by atoms with E-state index in [0.29, 0.717) is 22.8 Å². The van der Waals surface area contributed by atoms with Crippen LogP contribution in [0.4, 0.5) is 5.69 Å². The fraction of sp³-hybridized carbons (Fsp3) is 0.500. The van der Waals surface area contributed by atoms with Crippen LogP contribution in [0.2, 0.25) is 5.02 Å². The van der Waals surface area contributed by atoms with Crippen LogP contribution in [-0.4, -0.2) is 27.0 Å². The molecule has 0 bridgehead atoms. The summed E-state index contributed by atoms with van der Waals surface area (Å²) >= 11 is 7.70.